The molecule has 2 unspecified atom stereocenters. The van der Waals surface area contributed by atoms with E-state index in [1.165, 1.54) is 4.90 Å². The first-order chi connectivity index (χ1) is 21.5. The van der Waals surface area contributed by atoms with Crippen LogP contribution in [-0.4, -0.2) is 85.2 Å². The SMILES string of the molecule is COc1cccc(C2c3[nH]c4ccccc4c3CC3C(=O)N(c4ccc(C(=O)NCCCN5CCOCC5)cc4)C(=O)N32)c1. The van der Waals surface area contributed by atoms with Crippen molar-refractivity contribution in [3.8, 4) is 5.75 Å². The average molecular weight is 594 g/mol. The summed E-state index contributed by atoms with van der Waals surface area (Å²) in [5.41, 5.74) is 4.69. The van der Waals surface area contributed by atoms with Crippen LogP contribution in [0.5, 0.6) is 5.75 Å². The van der Waals surface area contributed by atoms with Crippen LogP contribution in [0.25, 0.3) is 10.9 Å². The first kappa shape index (κ1) is 28.1. The summed E-state index contributed by atoms with van der Waals surface area (Å²) in [5.74, 6) is 0.213. The molecule has 10 heteroatoms. The van der Waals surface area contributed by atoms with Crippen molar-refractivity contribution in [1.29, 1.82) is 0 Å². The van der Waals surface area contributed by atoms with Crippen LogP contribution in [0.2, 0.25) is 0 Å². The number of urea groups is 1. The fraction of sp³-hybridized carbons (Fsp3) is 0.324. The molecular weight excluding hydrogens is 558 g/mol. The lowest BCUT2D eigenvalue weighted by Crippen LogP contribution is -2.44. The number of nitrogens with zero attached hydrogens (tertiary/aromatic N) is 3. The van der Waals surface area contributed by atoms with Gasteiger partial charge in [-0.3, -0.25) is 19.4 Å². The molecule has 0 spiro atoms. The zero-order valence-electron chi connectivity index (χ0n) is 24.6. The molecule has 7 rings (SSSR count). The van der Waals surface area contributed by atoms with Crippen LogP contribution in [0.3, 0.4) is 0 Å². The van der Waals surface area contributed by atoms with Gasteiger partial charge >= 0.3 is 6.03 Å². The highest BCUT2D eigenvalue weighted by Crippen LogP contribution is 2.45. The van der Waals surface area contributed by atoms with Crippen molar-refractivity contribution in [3.63, 3.8) is 0 Å². The van der Waals surface area contributed by atoms with E-state index in [4.69, 9.17) is 9.47 Å². The molecule has 2 saturated heterocycles. The van der Waals surface area contributed by atoms with Gasteiger partial charge in [-0.2, -0.15) is 0 Å². The molecule has 3 aromatic carbocycles. The number of H-pyrrole nitrogens is 1. The van der Waals surface area contributed by atoms with Gasteiger partial charge in [-0.05, 0) is 66.6 Å². The molecule has 226 valence electrons. The van der Waals surface area contributed by atoms with Gasteiger partial charge < -0.3 is 19.8 Å². The number of rotatable bonds is 8. The van der Waals surface area contributed by atoms with Gasteiger partial charge in [-0.1, -0.05) is 30.3 Å². The van der Waals surface area contributed by atoms with Crippen molar-refractivity contribution in [2.24, 2.45) is 0 Å². The summed E-state index contributed by atoms with van der Waals surface area (Å²) < 4.78 is 10.9. The summed E-state index contributed by atoms with van der Waals surface area (Å²) in [6.07, 6.45) is 1.26. The topological polar surface area (TPSA) is 107 Å². The number of carbonyl (C=O) groups is 3. The van der Waals surface area contributed by atoms with Gasteiger partial charge in [0.2, 0.25) is 0 Å². The van der Waals surface area contributed by atoms with E-state index in [1.807, 2.05) is 48.5 Å². The maximum Gasteiger partial charge on any atom is 0.332 e. The molecule has 0 radical (unpaired) electrons. The Morgan fingerprint density at radius 2 is 1.82 bits per heavy atom. The molecule has 0 saturated carbocycles. The number of hydrogen-bond acceptors (Lipinski definition) is 6. The highest BCUT2D eigenvalue weighted by Gasteiger charge is 2.53. The number of anilines is 1. The summed E-state index contributed by atoms with van der Waals surface area (Å²) >= 11 is 0. The molecular formula is C34H35N5O5. The number of benzene rings is 3. The van der Waals surface area contributed by atoms with Crippen LogP contribution in [0.15, 0.2) is 72.8 Å². The lowest BCUT2D eigenvalue weighted by atomic mass is 9.89. The van der Waals surface area contributed by atoms with Crippen molar-refractivity contribution >= 4 is 34.4 Å². The molecule has 4 aromatic rings. The number of ether oxygens (including phenoxy) is 2. The lowest BCUT2D eigenvalue weighted by molar-refractivity contribution is -0.120. The number of morpholine rings is 1. The Bertz CT molecular complexity index is 1710. The van der Waals surface area contributed by atoms with E-state index in [9.17, 15) is 14.4 Å². The highest BCUT2D eigenvalue weighted by atomic mass is 16.5. The molecule has 2 N–H and O–H groups in total. The van der Waals surface area contributed by atoms with E-state index < -0.39 is 18.1 Å². The van der Waals surface area contributed by atoms with Crippen LogP contribution >= 0.6 is 0 Å². The van der Waals surface area contributed by atoms with E-state index in [1.54, 1.807) is 36.3 Å². The Morgan fingerprint density at radius 1 is 1.02 bits per heavy atom. The Kier molecular flexibility index (Phi) is 7.53. The number of methoxy groups -OCH3 is 1. The van der Waals surface area contributed by atoms with Crippen molar-refractivity contribution in [2.75, 3.05) is 51.4 Å². The minimum absolute atomic E-state index is 0.182. The second-order valence-corrected chi connectivity index (χ2v) is 11.4. The maximum atomic E-state index is 14.1. The lowest BCUT2D eigenvalue weighted by Gasteiger charge is -2.36. The second-order valence-electron chi connectivity index (χ2n) is 11.4. The summed E-state index contributed by atoms with van der Waals surface area (Å²) in [6.45, 7) is 4.83. The minimum atomic E-state index is -0.667. The number of fused-ring (bicyclic) bond motifs is 4. The molecule has 4 amide bonds. The molecule has 1 aromatic heterocycles. The monoisotopic (exact) mass is 593 g/mol. The van der Waals surface area contributed by atoms with E-state index in [0.717, 1.165) is 67.0 Å². The molecule has 44 heavy (non-hydrogen) atoms. The number of nitrogens with one attached hydrogen (secondary N) is 2. The molecule has 4 heterocycles. The molecule has 10 nitrogen and oxygen atoms in total. The largest absolute Gasteiger partial charge is 0.497 e. The van der Waals surface area contributed by atoms with Crippen LogP contribution in [0.4, 0.5) is 10.5 Å². The van der Waals surface area contributed by atoms with Gasteiger partial charge in [-0.25, -0.2) is 9.69 Å². The number of hydrogen-bond donors (Lipinski definition) is 2. The Labute approximate surface area is 255 Å². The number of aromatic amines is 1. The fourth-order valence-corrected chi connectivity index (χ4v) is 6.66. The van der Waals surface area contributed by atoms with Gasteiger partial charge in [0.05, 0.1) is 26.0 Å². The van der Waals surface area contributed by atoms with E-state index in [-0.39, 0.29) is 11.8 Å². The summed E-state index contributed by atoms with van der Waals surface area (Å²) in [4.78, 5) is 49.7. The molecule has 2 fully saturated rings. The van der Waals surface area contributed by atoms with Crippen LogP contribution in [-0.2, 0) is 16.0 Å². The van der Waals surface area contributed by atoms with Gasteiger partial charge in [0.25, 0.3) is 11.8 Å². The third kappa shape index (κ3) is 4.99. The Hall–Kier alpha value is -4.67. The van der Waals surface area contributed by atoms with Gasteiger partial charge in [-0.15, -0.1) is 0 Å². The minimum Gasteiger partial charge on any atom is -0.497 e. The first-order valence-electron chi connectivity index (χ1n) is 15.1. The number of aromatic nitrogens is 1. The number of amides is 4. The maximum absolute atomic E-state index is 14.1. The number of imide groups is 1. The zero-order chi connectivity index (χ0) is 30.2. The summed E-state index contributed by atoms with van der Waals surface area (Å²) in [6, 6.07) is 20.8. The van der Waals surface area contributed by atoms with Gasteiger partial charge in [0, 0.05) is 48.2 Å². The van der Waals surface area contributed by atoms with Crippen LogP contribution in [0, 0.1) is 0 Å². The fourth-order valence-electron chi connectivity index (χ4n) is 6.66. The average Bonchev–Trinajstić information content (AvgIpc) is 3.56. The molecule has 0 aliphatic carbocycles. The molecule has 3 aliphatic heterocycles. The Morgan fingerprint density at radius 3 is 2.61 bits per heavy atom. The van der Waals surface area contributed by atoms with Crippen molar-refractivity contribution in [1.82, 2.24) is 20.1 Å². The predicted molar refractivity (Wildman–Crippen MR) is 166 cm³/mol. The van der Waals surface area contributed by atoms with Crippen molar-refractivity contribution in [3.05, 3.63) is 95.2 Å². The highest BCUT2D eigenvalue weighted by molar-refractivity contribution is 6.22. The van der Waals surface area contributed by atoms with Gasteiger partial charge in [0.1, 0.15) is 17.8 Å². The summed E-state index contributed by atoms with van der Waals surface area (Å²) in [7, 11) is 1.61. The third-order valence-corrected chi connectivity index (χ3v) is 8.89. The molecule has 2 atom stereocenters. The zero-order valence-corrected chi connectivity index (χ0v) is 24.6. The standard InChI is InChI=1S/C34H35N5O5/c1-43-25-7-4-6-23(20-25)31-30-27(26-8-2-3-9-28(26)36-30)21-29-33(41)38(34(42)39(29)31)24-12-10-22(11-13-24)32(40)35-14-5-15-37-16-18-44-19-17-37/h2-4,6-13,20,29,31,36H,5,14-19,21H2,1H3,(H,35,40). The Balaban J connectivity index is 1.12. The quantitative estimate of drug-likeness (QED) is 0.235. The van der Waals surface area contributed by atoms with Crippen molar-refractivity contribution < 1.29 is 23.9 Å². The number of para-hydroxylation sites is 1. The smallest absolute Gasteiger partial charge is 0.332 e. The predicted octanol–water partition coefficient (Wildman–Crippen LogP) is 4.11. The van der Waals surface area contributed by atoms with Gasteiger partial charge in [0.15, 0.2) is 0 Å². The normalized spacial score (nSPS) is 20.1. The van der Waals surface area contributed by atoms with Crippen LogP contribution < -0.4 is 15.0 Å². The third-order valence-electron chi connectivity index (χ3n) is 8.89. The van der Waals surface area contributed by atoms with E-state index >= 15 is 0 Å². The van der Waals surface area contributed by atoms with E-state index in [0.29, 0.717) is 30.0 Å². The first-order valence-corrected chi connectivity index (χ1v) is 15.1. The second kappa shape index (κ2) is 11.8. The molecule has 0 bridgehead atoms. The summed E-state index contributed by atoms with van der Waals surface area (Å²) in [5, 5.41) is 4.02. The van der Waals surface area contributed by atoms with Crippen LogP contribution in [0.1, 0.15) is 39.6 Å². The number of carbonyl (C=O) groups excluding carboxylic acids is 3. The molecule has 3 aliphatic rings. The van der Waals surface area contributed by atoms with Crippen molar-refractivity contribution in [2.45, 2.75) is 24.9 Å². The van der Waals surface area contributed by atoms with E-state index in [2.05, 4.69) is 15.2 Å².